The van der Waals surface area contributed by atoms with E-state index in [0.29, 0.717) is 5.56 Å². The van der Waals surface area contributed by atoms with Crippen LogP contribution >= 0.6 is 22.6 Å². The van der Waals surface area contributed by atoms with Crippen molar-refractivity contribution in [1.82, 2.24) is 4.98 Å². The van der Waals surface area contributed by atoms with E-state index in [-0.39, 0.29) is 18.3 Å². The van der Waals surface area contributed by atoms with Crippen LogP contribution in [0.4, 0.5) is 8.78 Å². The molecule has 0 aromatic carbocycles. The number of aromatic nitrogens is 1. The molecule has 0 aliphatic heterocycles. The number of ether oxygens (including phenoxy) is 2. The smallest absolute Gasteiger partial charge is 0.329 e. The van der Waals surface area contributed by atoms with Gasteiger partial charge >= 0.3 is 3.93 Å². The first-order chi connectivity index (χ1) is 7.46. The Kier molecular flexibility index (Phi) is 4.66. The summed E-state index contributed by atoms with van der Waals surface area (Å²) in [7, 11) is 1.43. The first-order valence-electron chi connectivity index (χ1n) is 4.40. The van der Waals surface area contributed by atoms with Gasteiger partial charge in [0.25, 0.3) is 0 Å². The lowest BCUT2D eigenvalue weighted by atomic mass is 10.3. The van der Waals surface area contributed by atoms with Crippen LogP contribution in [0.3, 0.4) is 0 Å². The molecule has 0 aliphatic carbocycles. The lowest BCUT2D eigenvalue weighted by Gasteiger charge is -2.11. The van der Waals surface area contributed by atoms with Gasteiger partial charge in [0.05, 0.1) is 7.11 Å². The number of hydrogen-bond acceptors (Lipinski definition) is 4. The van der Waals surface area contributed by atoms with Crippen molar-refractivity contribution in [3.8, 4) is 11.8 Å². The number of pyridine rings is 1. The molecule has 0 unspecified atom stereocenters. The fourth-order valence-corrected chi connectivity index (χ4v) is 1.18. The molecule has 0 radical (unpaired) electrons. The highest BCUT2D eigenvalue weighted by molar-refractivity contribution is 14.1. The summed E-state index contributed by atoms with van der Waals surface area (Å²) in [6.45, 7) is -0.468. The second-order valence-corrected chi connectivity index (χ2v) is 4.50. The van der Waals surface area contributed by atoms with Gasteiger partial charge in [-0.2, -0.15) is 13.8 Å². The van der Waals surface area contributed by atoms with Crippen LogP contribution in [0.15, 0.2) is 12.1 Å². The van der Waals surface area contributed by atoms with Crippen LogP contribution in [0.1, 0.15) is 5.56 Å². The van der Waals surface area contributed by atoms with Crippen molar-refractivity contribution >= 4 is 22.6 Å². The van der Waals surface area contributed by atoms with Gasteiger partial charge < -0.3 is 15.2 Å². The van der Waals surface area contributed by atoms with E-state index in [1.165, 1.54) is 13.2 Å². The second kappa shape index (κ2) is 5.58. The van der Waals surface area contributed by atoms with E-state index in [9.17, 15) is 8.78 Å². The zero-order valence-electron chi connectivity index (χ0n) is 8.54. The molecule has 0 bridgehead atoms. The number of nitrogens with zero attached hydrogens (tertiary/aromatic N) is 1. The Morgan fingerprint density at radius 1 is 1.50 bits per heavy atom. The largest absolute Gasteiger partial charge is 0.481 e. The second-order valence-electron chi connectivity index (χ2n) is 2.93. The molecule has 90 valence electrons. The Morgan fingerprint density at radius 3 is 2.69 bits per heavy atom. The summed E-state index contributed by atoms with van der Waals surface area (Å²) >= 11 is 0.998. The number of rotatable bonds is 5. The molecular formula is C9H11F2IN2O2. The van der Waals surface area contributed by atoms with Crippen molar-refractivity contribution in [3.63, 3.8) is 0 Å². The Bertz CT molecular complexity index is 358. The van der Waals surface area contributed by atoms with Crippen molar-refractivity contribution < 1.29 is 18.3 Å². The van der Waals surface area contributed by atoms with Crippen LogP contribution in [0.5, 0.6) is 11.8 Å². The fourth-order valence-electron chi connectivity index (χ4n) is 1.02. The number of alkyl halides is 3. The van der Waals surface area contributed by atoms with Crippen molar-refractivity contribution in [3.05, 3.63) is 17.7 Å². The predicted octanol–water partition coefficient (Wildman–Crippen LogP) is 1.96. The first-order valence-corrected chi connectivity index (χ1v) is 5.47. The summed E-state index contributed by atoms with van der Waals surface area (Å²) in [5, 5.41) is 0. The summed E-state index contributed by atoms with van der Waals surface area (Å²) < 4.78 is 31.9. The number of hydrogen-bond donors (Lipinski definition) is 1. The van der Waals surface area contributed by atoms with E-state index >= 15 is 0 Å². The zero-order valence-corrected chi connectivity index (χ0v) is 10.7. The Labute approximate surface area is 105 Å². The molecule has 1 aromatic heterocycles. The topological polar surface area (TPSA) is 57.4 Å². The van der Waals surface area contributed by atoms with Gasteiger partial charge in [-0.25, -0.2) is 0 Å². The van der Waals surface area contributed by atoms with E-state index in [1.54, 1.807) is 6.07 Å². The first kappa shape index (κ1) is 13.4. The van der Waals surface area contributed by atoms with E-state index in [1.807, 2.05) is 0 Å². The predicted molar refractivity (Wildman–Crippen MR) is 63.1 cm³/mol. The van der Waals surface area contributed by atoms with Crippen molar-refractivity contribution in [2.45, 2.75) is 10.5 Å². The quantitative estimate of drug-likeness (QED) is 0.655. The van der Waals surface area contributed by atoms with Crippen molar-refractivity contribution in [2.75, 3.05) is 13.7 Å². The van der Waals surface area contributed by atoms with Crippen LogP contribution in [-0.2, 0) is 6.54 Å². The maximum absolute atomic E-state index is 12.5. The van der Waals surface area contributed by atoms with Gasteiger partial charge in [-0.05, 0) is 6.07 Å². The maximum atomic E-state index is 12.5. The highest BCUT2D eigenvalue weighted by atomic mass is 127. The number of halogens is 3. The van der Waals surface area contributed by atoms with Gasteiger partial charge in [0.2, 0.25) is 11.8 Å². The SMILES string of the molecule is COc1nc(OCC(F)(F)I)ccc1CN. The van der Waals surface area contributed by atoms with Gasteiger partial charge in [0, 0.05) is 40.8 Å². The highest BCUT2D eigenvalue weighted by Crippen LogP contribution is 2.25. The average Bonchev–Trinajstić information content (AvgIpc) is 2.25. The highest BCUT2D eigenvalue weighted by Gasteiger charge is 2.25. The third-order valence-corrected chi connectivity index (χ3v) is 2.02. The van der Waals surface area contributed by atoms with Gasteiger partial charge in [0.15, 0.2) is 6.61 Å². The molecule has 0 aliphatic rings. The molecule has 2 N–H and O–H groups in total. The van der Waals surface area contributed by atoms with Crippen LogP contribution in [-0.4, -0.2) is 22.6 Å². The minimum atomic E-state index is -2.92. The van der Waals surface area contributed by atoms with Crippen LogP contribution < -0.4 is 15.2 Å². The molecule has 0 atom stereocenters. The third kappa shape index (κ3) is 4.05. The zero-order chi connectivity index (χ0) is 12.2. The third-order valence-electron chi connectivity index (χ3n) is 1.71. The minimum Gasteiger partial charge on any atom is -0.481 e. The lowest BCUT2D eigenvalue weighted by molar-refractivity contribution is 0.0623. The van der Waals surface area contributed by atoms with Gasteiger partial charge in [-0.1, -0.05) is 0 Å². The van der Waals surface area contributed by atoms with Gasteiger partial charge in [-0.3, -0.25) is 0 Å². The maximum Gasteiger partial charge on any atom is 0.329 e. The molecule has 4 nitrogen and oxygen atoms in total. The molecular weight excluding hydrogens is 333 g/mol. The van der Waals surface area contributed by atoms with Gasteiger partial charge in [0.1, 0.15) is 0 Å². The molecule has 0 spiro atoms. The summed E-state index contributed by atoms with van der Waals surface area (Å²) in [6, 6.07) is 3.11. The molecule has 0 saturated carbocycles. The van der Waals surface area contributed by atoms with Crippen LogP contribution in [0.25, 0.3) is 0 Å². The van der Waals surface area contributed by atoms with E-state index in [2.05, 4.69) is 4.98 Å². The summed E-state index contributed by atoms with van der Waals surface area (Å²) in [5.74, 6) is 0.377. The van der Waals surface area contributed by atoms with E-state index < -0.39 is 10.5 Å². The van der Waals surface area contributed by atoms with Gasteiger partial charge in [-0.15, -0.1) is 0 Å². The number of nitrogens with two attached hydrogens (primary N) is 1. The van der Waals surface area contributed by atoms with Crippen LogP contribution in [0, 0.1) is 0 Å². The summed E-state index contributed by atoms with van der Waals surface area (Å²) in [4.78, 5) is 3.90. The molecule has 1 heterocycles. The monoisotopic (exact) mass is 344 g/mol. The standard InChI is InChI=1S/C9H11F2IN2O2/c1-15-8-6(4-13)2-3-7(14-8)16-5-9(10,11)12/h2-3H,4-5,13H2,1H3. The van der Waals surface area contributed by atoms with Crippen molar-refractivity contribution in [2.24, 2.45) is 5.73 Å². The van der Waals surface area contributed by atoms with E-state index in [0.717, 1.165) is 22.6 Å². The minimum absolute atomic E-state index is 0.0883. The molecule has 1 rings (SSSR count). The molecule has 0 saturated heterocycles. The molecule has 0 amide bonds. The fraction of sp³-hybridized carbons (Fsp3) is 0.444. The lowest BCUT2D eigenvalue weighted by Crippen LogP contribution is -2.17. The average molecular weight is 344 g/mol. The Hall–Kier alpha value is -0.700. The van der Waals surface area contributed by atoms with Crippen molar-refractivity contribution in [1.29, 1.82) is 0 Å². The molecule has 16 heavy (non-hydrogen) atoms. The molecule has 0 fully saturated rings. The van der Waals surface area contributed by atoms with E-state index in [4.69, 9.17) is 15.2 Å². The normalized spacial score (nSPS) is 11.3. The summed E-state index contributed by atoms with van der Waals surface area (Å²) in [6.07, 6.45) is 0. The number of methoxy groups -OCH3 is 1. The Balaban J connectivity index is 2.75. The van der Waals surface area contributed by atoms with Crippen LogP contribution in [0.2, 0.25) is 0 Å². The molecule has 1 aromatic rings. The molecule has 7 heteroatoms. The Morgan fingerprint density at radius 2 is 2.19 bits per heavy atom. The summed E-state index contributed by atoms with van der Waals surface area (Å²) in [5.41, 5.74) is 6.13.